The van der Waals surface area contributed by atoms with Gasteiger partial charge in [0.25, 0.3) is 0 Å². The van der Waals surface area contributed by atoms with Gasteiger partial charge in [0.2, 0.25) is 5.79 Å². The van der Waals surface area contributed by atoms with Crippen molar-refractivity contribution in [2.24, 2.45) is 0 Å². The lowest BCUT2D eigenvalue weighted by atomic mass is 10.2. The summed E-state index contributed by atoms with van der Waals surface area (Å²) in [5, 5.41) is 1.60. The minimum absolute atomic E-state index is 0.000298. The van der Waals surface area contributed by atoms with Crippen LogP contribution in [-0.2, 0) is 21.8 Å². The van der Waals surface area contributed by atoms with Gasteiger partial charge in [-0.15, -0.1) is 0 Å². The van der Waals surface area contributed by atoms with Gasteiger partial charge in [-0.05, 0) is 31.2 Å². The summed E-state index contributed by atoms with van der Waals surface area (Å²) in [4.78, 5) is 4.07. The molecule has 0 bridgehead atoms. The first-order chi connectivity index (χ1) is 10.6. The van der Waals surface area contributed by atoms with E-state index in [9.17, 15) is 0 Å². The molecule has 0 radical (unpaired) electrons. The molecular weight excluding hydrogens is 304 g/mol. The van der Waals surface area contributed by atoms with Crippen LogP contribution >= 0.6 is 11.6 Å². The first-order valence-electron chi connectivity index (χ1n) is 7.12. The van der Waals surface area contributed by atoms with E-state index in [4.69, 9.17) is 25.5 Å². The van der Waals surface area contributed by atoms with Gasteiger partial charge >= 0.3 is 0 Å². The molecule has 0 amide bonds. The Kier molecular flexibility index (Phi) is 3.22. The highest BCUT2D eigenvalue weighted by Crippen LogP contribution is 2.39. The van der Waals surface area contributed by atoms with Crippen LogP contribution < -0.4 is 0 Å². The molecule has 2 atom stereocenters. The molecule has 0 spiro atoms. The summed E-state index contributed by atoms with van der Waals surface area (Å²) in [5.74, 6) is -0.297. The monoisotopic (exact) mass is 318 g/mol. The van der Waals surface area contributed by atoms with Gasteiger partial charge in [-0.3, -0.25) is 0 Å². The average molecular weight is 319 g/mol. The third kappa shape index (κ3) is 2.31. The van der Waals surface area contributed by atoms with Gasteiger partial charge in [0.05, 0.1) is 25.6 Å². The van der Waals surface area contributed by atoms with E-state index >= 15 is 0 Å². The number of imidazole rings is 1. The zero-order valence-corrected chi connectivity index (χ0v) is 12.8. The molecule has 3 aromatic rings. The molecule has 5 nitrogen and oxygen atoms in total. The van der Waals surface area contributed by atoms with Crippen molar-refractivity contribution in [3.8, 4) is 0 Å². The number of hydrogen-bond donors (Lipinski definition) is 0. The minimum Gasteiger partial charge on any atom is -0.455 e. The Morgan fingerprint density at radius 1 is 1.41 bits per heavy atom. The highest BCUT2D eigenvalue weighted by atomic mass is 35.5. The first-order valence-corrected chi connectivity index (χ1v) is 7.49. The van der Waals surface area contributed by atoms with Gasteiger partial charge in [-0.1, -0.05) is 11.6 Å². The summed E-state index contributed by atoms with van der Waals surface area (Å²) < 4.78 is 19.9. The molecule has 1 saturated heterocycles. The number of nitrogens with zero attached hydrogens (tertiary/aromatic N) is 2. The topological polar surface area (TPSA) is 49.4 Å². The van der Waals surface area contributed by atoms with Crippen molar-refractivity contribution >= 4 is 22.6 Å². The molecule has 1 aliphatic rings. The second-order valence-electron chi connectivity index (χ2n) is 5.52. The summed E-state index contributed by atoms with van der Waals surface area (Å²) in [5.41, 5.74) is 0.760. The van der Waals surface area contributed by atoms with Gasteiger partial charge < -0.3 is 18.5 Å². The van der Waals surface area contributed by atoms with E-state index < -0.39 is 5.79 Å². The molecule has 3 heterocycles. The minimum atomic E-state index is -0.939. The molecule has 1 aliphatic heterocycles. The third-order valence-corrected chi connectivity index (χ3v) is 3.98. The van der Waals surface area contributed by atoms with Gasteiger partial charge in [0, 0.05) is 22.8 Å². The van der Waals surface area contributed by atoms with Crippen LogP contribution in [0, 0.1) is 0 Å². The Morgan fingerprint density at radius 2 is 2.32 bits per heavy atom. The largest absolute Gasteiger partial charge is 0.455 e. The molecule has 0 saturated carbocycles. The number of benzene rings is 1. The van der Waals surface area contributed by atoms with Crippen LogP contribution in [0.3, 0.4) is 0 Å². The summed E-state index contributed by atoms with van der Waals surface area (Å²) in [6.45, 7) is 2.98. The third-order valence-electron chi connectivity index (χ3n) is 3.75. The standard InChI is InChI=1S/C16H15ClN2O3/c1-11-8-20-16(22-11,9-19-5-4-18-10-19)15-7-12-6-13(17)2-3-14(12)21-15/h2-7,10-11H,8-9H2,1H3. The Morgan fingerprint density at radius 3 is 3.05 bits per heavy atom. The number of rotatable bonds is 3. The summed E-state index contributed by atoms with van der Waals surface area (Å²) in [6, 6.07) is 7.45. The molecule has 6 heteroatoms. The van der Waals surface area contributed by atoms with E-state index in [1.54, 1.807) is 18.6 Å². The zero-order chi connectivity index (χ0) is 15.2. The van der Waals surface area contributed by atoms with Crippen LogP contribution in [0.2, 0.25) is 5.02 Å². The predicted molar refractivity (Wildman–Crippen MR) is 81.6 cm³/mol. The SMILES string of the molecule is CC1COC(Cn2ccnc2)(c2cc3cc(Cl)ccc3o2)O1. The lowest BCUT2D eigenvalue weighted by molar-refractivity contribution is -0.196. The summed E-state index contributed by atoms with van der Waals surface area (Å²) in [7, 11) is 0. The molecule has 114 valence electrons. The average Bonchev–Trinajstić information content (AvgIpc) is 3.19. The Bertz CT molecular complexity index is 799. The van der Waals surface area contributed by atoms with Crippen molar-refractivity contribution in [2.75, 3.05) is 6.61 Å². The van der Waals surface area contributed by atoms with Crippen LogP contribution in [-0.4, -0.2) is 22.3 Å². The summed E-state index contributed by atoms with van der Waals surface area (Å²) >= 11 is 6.04. The van der Waals surface area contributed by atoms with Crippen molar-refractivity contribution in [1.29, 1.82) is 0 Å². The van der Waals surface area contributed by atoms with Crippen molar-refractivity contribution in [1.82, 2.24) is 9.55 Å². The molecule has 1 fully saturated rings. The van der Waals surface area contributed by atoms with Crippen LogP contribution in [0.5, 0.6) is 0 Å². The maximum Gasteiger partial charge on any atom is 0.247 e. The van der Waals surface area contributed by atoms with Crippen molar-refractivity contribution in [2.45, 2.75) is 25.4 Å². The molecule has 2 unspecified atom stereocenters. The molecule has 1 aromatic carbocycles. The summed E-state index contributed by atoms with van der Waals surface area (Å²) in [6.07, 6.45) is 5.33. The van der Waals surface area contributed by atoms with E-state index in [1.165, 1.54) is 0 Å². The number of ether oxygens (including phenoxy) is 2. The highest BCUT2D eigenvalue weighted by molar-refractivity contribution is 6.31. The van der Waals surface area contributed by atoms with Gasteiger partial charge in [0.15, 0.2) is 5.76 Å². The van der Waals surface area contributed by atoms with Crippen molar-refractivity contribution in [3.05, 3.63) is 53.8 Å². The Hall–Kier alpha value is -1.82. The van der Waals surface area contributed by atoms with Gasteiger partial charge in [-0.25, -0.2) is 4.98 Å². The fraction of sp³-hybridized carbons (Fsp3) is 0.312. The van der Waals surface area contributed by atoms with Crippen LogP contribution in [0.1, 0.15) is 12.7 Å². The first kappa shape index (κ1) is 13.8. The predicted octanol–water partition coefficient (Wildman–Crippen LogP) is 3.57. The molecular formula is C16H15ClN2O3. The second-order valence-corrected chi connectivity index (χ2v) is 5.96. The van der Waals surface area contributed by atoms with Crippen LogP contribution in [0.15, 0.2) is 47.4 Å². The number of halogens is 1. The van der Waals surface area contributed by atoms with E-state index in [0.29, 0.717) is 23.9 Å². The van der Waals surface area contributed by atoms with Crippen LogP contribution in [0.25, 0.3) is 11.0 Å². The maximum absolute atomic E-state index is 6.07. The lowest BCUT2D eigenvalue weighted by Crippen LogP contribution is -2.32. The molecule has 2 aromatic heterocycles. The Balaban J connectivity index is 1.78. The Labute approximate surface area is 132 Å². The maximum atomic E-state index is 6.07. The van der Waals surface area contributed by atoms with E-state index in [-0.39, 0.29) is 6.10 Å². The normalized spacial score (nSPS) is 25.1. The fourth-order valence-electron chi connectivity index (χ4n) is 2.76. The zero-order valence-electron chi connectivity index (χ0n) is 12.0. The fourth-order valence-corrected chi connectivity index (χ4v) is 2.94. The van der Waals surface area contributed by atoms with Crippen molar-refractivity contribution in [3.63, 3.8) is 0 Å². The number of fused-ring (bicyclic) bond motifs is 1. The highest BCUT2D eigenvalue weighted by Gasteiger charge is 2.45. The lowest BCUT2D eigenvalue weighted by Gasteiger charge is -2.25. The molecule has 22 heavy (non-hydrogen) atoms. The van der Waals surface area contributed by atoms with Gasteiger partial charge in [0.1, 0.15) is 5.58 Å². The quantitative estimate of drug-likeness (QED) is 0.740. The number of hydrogen-bond acceptors (Lipinski definition) is 4. The van der Waals surface area contributed by atoms with E-state index in [1.807, 2.05) is 35.9 Å². The molecule has 4 rings (SSSR count). The van der Waals surface area contributed by atoms with Crippen LogP contribution in [0.4, 0.5) is 0 Å². The van der Waals surface area contributed by atoms with E-state index in [2.05, 4.69) is 4.98 Å². The second kappa shape index (κ2) is 5.12. The van der Waals surface area contributed by atoms with Gasteiger partial charge in [-0.2, -0.15) is 0 Å². The van der Waals surface area contributed by atoms with Crippen molar-refractivity contribution < 1.29 is 13.9 Å². The smallest absolute Gasteiger partial charge is 0.247 e. The number of aromatic nitrogens is 2. The molecule has 0 aliphatic carbocycles. The molecule has 0 N–H and O–H groups in total. The van der Waals surface area contributed by atoms with E-state index in [0.717, 1.165) is 11.0 Å². The number of furan rings is 1.